The van der Waals surface area contributed by atoms with Crippen LogP contribution >= 0.6 is 19.4 Å². The first-order valence-corrected chi connectivity index (χ1v) is 8.43. The minimum Gasteiger partial charge on any atom is -0.630 e. The van der Waals surface area contributed by atoms with E-state index in [-0.39, 0.29) is 5.71 Å². The lowest BCUT2D eigenvalue weighted by Crippen LogP contribution is -2.29. The number of primary amides is 1. The molecule has 1 aliphatic heterocycles. The molecule has 2 aromatic rings. The van der Waals surface area contributed by atoms with E-state index in [4.69, 9.17) is 17.3 Å². The molecular formula is C16H12ClN2O2P. The van der Waals surface area contributed by atoms with Crippen LogP contribution in [0.5, 0.6) is 0 Å². The molecule has 4 nitrogen and oxygen atoms in total. The van der Waals surface area contributed by atoms with Gasteiger partial charge in [-0.1, -0.05) is 41.9 Å². The number of hydrogen-bond donors (Lipinski definition) is 1. The fourth-order valence-corrected chi connectivity index (χ4v) is 4.07. The molecule has 0 saturated heterocycles. The number of rotatable bonds is 3. The summed E-state index contributed by atoms with van der Waals surface area (Å²) >= 11 is 6.01. The first kappa shape index (κ1) is 14.9. The summed E-state index contributed by atoms with van der Waals surface area (Å²) in [6.45, 7) is 0. The van der Waals surface area contributed by atoms with Crippen molar-refractivity contribution < 1.29 is 9.69 Å². The molecule has 0 aliphatic carbocycles. The Balaban J connectivity index is 2.10. The fraction of sp³-hybridized carbons (Fsp3) is 0.0625. The van der Waals surface area contributed by atoms with Crippen LogP contribution in [0, 0.1) is 0 Å². The summed E-state index contributed by atoms with van der Waals surface area (Å²) < 4.78 is 0. The van der Waals surface area contributed by atoms with Gasteiger partial charge in [0.05, 0.1) is 19.0 Å². The molecule has 110 valence electrons. The van der Waals surface area contributed by atoms with Crippen LogP contribution in [0.2, 0.25) is 5.02 Å². The van der Waals surface area contributed by atoms with Gasteiger partial charge in [0.1, 0.15) is 6.16 Å². The van der Waals surface area contributed by atoms with E-state index in [1.807, 2.05) is 30.3 Å². The van der Waals surface area contributed by atoms with Crippen LogP contribution in [-0.4, -0.2) is 16.9 Å². The quantitative estimate of drug-likeness (QED) is 0.877. The molecule has 2 aromatic carbocycles. The number of benzene rings is 2. The molecular weight excluding hydrogens is 319 g/mol. The molecule has 1 heterocycles. The van der Waals surface area contributed by atoms with Gasteiger partial charge in [-0.2, -0.15) is 0 Å². The van der Waals surface area contributed by atoms with Crippen molar-refractivity contribution in [3.63, 3.8) is 0 Å². The molecule has 22 heavy (non-hydrogen) atoms. The van der Waals surface area contributed by atoms with Crippen LogP contribution in [0.1, 0.15) is 11.1 Å². The van der Waals surface area contributed by atoms with Crippen molar-refractivity contribution >= 4 is 42.0 Å². The molecule has 0 radical (unpaired) electrons. The predicted molar refractivity (Wildman–Crippen MR) is 88.9 cm³/mol. The van der Waals surface area contributed by atoms with E-state index in [1.165, 1.54) is 0 Å². The molecule has 1 aliphatic rings. The number of fused-ring (bicyclic) bond motifs is 1. The van der Waals surface area contributed by atoms with E-state index in [2.05, 4.69) is 4.99 Å². The Hall–Kier alpha value is -2.00. The van der Waals surface area contributed by atoms with Crippen LogP contribution in [0.25, 0.3) is 0 Å². The van der Waals surface area contributed by atoms with Gasteiger partial charge in [0, 0.05) is 5.02 Å². The standard InChI is InChI=1S/C16H12ClN2O2P/c17-11-6-7-13-12(8-11)15(14(19-13)16(18)20)22(21)9-10-4-2-1-3-5-10/h1-8H,9H2,(H2,18,20). The summed E-state index contributed by atoms with van der Waals surface area (Å²) in [7, 11) is -1.85. The average Bonchev–Trinajstić information content (AvgIpc) is 2.87. The van der Waals surface area contributed by atoms with Crippen LogP contribution < -0.4 is 10.6 Å². The summed E-state index contributed by atoms with van der Waals surface area (Å²) in [6.07, 6.45) is 0.323. The topological polar surface area (TPSA) is 78.5 Å². The second kappa shape index (κ2) is 6.01. The molecule has 2 N–H and O–H groups in total. The first-order chi connectivity index (χ1) is 10.6. The number of carbonyl (C=O) groups excluding carboxylic acids is 1. The minimum absolute atomic E-state index is 0.0642. The van der Waals surface area contributed by atoms with E-state index < -0.39 is 13.7 Å². The highest BCUT2D eigenvalue weighted by Crippen LogP contribution is 2.36. The van der Waals surface area contributed by atoms with Gasteiger partial charge < -0.3 is 10.6 Å². The Bertz CT molecular complexity index is 816. The van der Waals surface area contributed by atoms with Crippen molar-refractivity contribution in [3.8, 4) is 0 Å². The molecule has 1 unspecified atom stereocenters. The molecule has 1 atom stereocenters. The summed E-state index contributed by atoms with van der Waals surface area (Å²) in [4.78, 5) is 28.6. The Morgan fingerprint density at radius 2 is 1.95 bits per heavy atom. The third kappa shape index (κ3) is 2.81. The number of nitrogens with zero attached hydrogens (tertiary/aromatic N) is 1. The molecule has 0 fully saturated rings. The highest BCUT2D eigenvalue weighted by Gasteiger charge is 2.32. The highest BCUT2D eigenvalue weighted by atomic mass is 35.5. The average molecular weight is 331 g/mol. The molecule has 0 spiro atoms. The fourth-order valence-electron chi connectivity index (χ4n) is 2.35. The molecule has 1 amide bonds. The number of amides is 1. The normalized spacial score (nSPS) is 15.3. The van der Waals surface area contributed by atoms with E-state index in [0.717, 1.165) is 5.56 Å². The van der Waals surface area contributed by atoms with Gasteiger partial charge >= 0.3 is 0 Å². The van der Waals surface area contributed by atoms with Crippen molar-refractivity contribution in [2.24, 2.45) is 10.7 Å². The van der Waals surface area contributed by atoms with Gasteiger partial charge in [0.2, 0.25) is 0 Å². The van der Waals surface area contributed by atoms with E-state index in [9.17, 15) is 9.69 Å². The number of aliphatic imine (C=N–C) groups is 1. The Kier molecular flexibility index (Phi) is 4.08. The van der Waals surface area contributed by atoms with Crippen LogP contribution in [0.3, 0.4) is 0 Å². The second-order valence-corrected chi connectivity index (χ2v) is 6.81. The van der Waals surface area contributed by atoms with Gasteiger partial charge in [-0.15, -0.1) is 0 Å². The van der Waals surface area contributed by atoms with Crippen molar-refractivity contribution in [1.29, 1.82) is 0 Å². The second-order valence-electron chi connectivity index (χ2n) is 4.86. The Labute approximate surface area is 133 Å². The Morgan fingerprint density at radius 3 is 2.64 bits per heavy atom. The minimum atomic E-state index is -1.85. The molecule has 0 saturated carbocycles. The third-order valence-corrected chi connectivity index (χ3v) is 5.16. The van der Waals surface area contributed by atoms with Crippen LogP contribution in [0.15, 0.2) is 53.5 Å². The maximum atomic E-state index is 12.8. The SMILES string of the molecule is NC(=O)C1=Nc2ccc(Cl)cc2C1=[P+]([O-])Cc1ccccc1. The summed E-state index contributed by atoms with van der Waals surface area (Å²) in [5.74, 6) is -0.682. The maximum absolute atomic E-state index is 12.8. The Morgan fingerprint density at radius 1 is 1.23 bits per heavy atom. The number of nitrogens with two attached hydrogens (primary N) is 1. The van der Waals surface area contributed by atoms with Crippen molar-refractivity contribution in [1.82, 2.24) is 0 Å². The van der Waals surface area contributed by atoms with E-state index in [0.29, 0.717) is 27.7 Å². The zero-order valence-electron chi connectivity index (χ0n) is 11.5. The lowest BCUT2D eigenvalue weighted by atomic mass is 10.1. The van der Waals surface area contributed by atoms with Crippen LogP contribution in [0.4, 0.5) is 5.69 Å². The first-order valence-electron chi connectivity index (χ1n) is 6.60. The zero-order chi connectivity index (χ0) is 15.7. The molecule has 0 aromatic heterocycles. The van der Waals surface area contributed by atoms with Gasteiger partial charge in [0.25, 0.3) is 5.91 Å². The number of carbonyl (C=O) groups is 1. The lowest BCUT2D eigenvalue weighted by molar-refractivity contribution is -0.153. The van der Waals surface area contributed by atoms with Crippen molar-refractivity contribution in [2.45, 2.75) is 6.16 Å². The highest BCUT2D eigenvalue weighted by molar-refractivity contribution is 7.55. The molecule has 3 rings (SSSR count). The largest absolute Gasteiger partial charge is 0.630 e. The smallest absolute Gasteiger partial charge is 0.271 e. The summed E-state index contributed by atoms with van der Waals surface area (Å²) in [5, 5.41) is 0.893. The van der Waals surface area contributed by atoms with Crippen molar-refractivity contribution in [2.75, 3.05) is 0 Å². The zero-order valence-corrected chi connectivity index (χ0v) is 13.1. The van der Waals surface area contributed by atoms with Gasteiger partial charge in [-0.25, -0.2) is 4.99 Å². The van der Waals surface area contributed by atoms with Gasteiger partial charge in [-0.05, 0) is 23.8 Å². The molecule has 0 bridgehead atoms. The predicted octanol–water partition coefficient (Wildman–Crippen LogP) is 2.39. The van der Waals surface area contributed by atoms with E-state index >= 15 is 0 Å². The molecule has 6 heteroatoms. The number of hydrogen-bond acceptors (Lipinski definition) is 3. The lowest BCUT2D eigenvalue weighted by Gasteiger charge is -2.05. The summed E-state index contributed by atoms with van der Waals surface area (Å²) in [5.41, 5.74) is 7.57. The summed E-state index contributed by atoms with van der Waals surface area (Å²) in [6, 6.07) is 14.5. The van der Waals surface area contributed by atoms with Gasteiger partial charge in [-0.3, -0.25) is 4.79 Å². The monoisotopic (exact) mass is 330 g/mol. The maximum Gasteiger partial charge on any atom is 0.271 e. The van der Waals surface area contributed by atoms with Crippen molar-refractivity contribution in [3.05, 3.63) is 64.7 Å². The third-order valence-electron chi connectivity index (χ3n) is 3.32. The van der Waals surface area contributed by atoms with E-state index in [1.54, 1.807) is 18.2 Å². The number of halogens is 1. The van der Waals surface area contributed by atoms with Crippen LogP contribution in [-0.2, 0) is 11.0 Å². The van der Waals surface area contributed by atoms with Gasteiger partial charge in [0.15, 0.2) is 11.0 Å².